The Kier molecular flexibility index (Phi) is 3.56. The van der Waals surface area contributed by atoms with Crippen LogP contribution in [0.3, 0.4) is 0 Å². The van der Waals surface area contributed by atoms with Crippen molar-refractivity contribution < 1.29 is 27.9 Å². The van der Waals surface area contributed by atoms with Gasteiger partial charge < -0.3 is 15.7 Å². The Balaban J connectivity index is 2.07. The highest BCUT2D eigenvalue weighted by molar-refractivity contribution is 5.94. The number of carboxylic acids is 1. The molecule has 1 aromatic carbocycles. The molecular formula is C12H11F3N2O3. The van der Waals surface area contributed by atoms with Crippen LogP contribution in [0, 0.1) is 17.5 Å². The van der Waals surface area contributed by atoms with Crippen molar-refractivity contribution in [2.24, 2.45) is 0 Å². The Labute approximate surface area is 111 Å². The Morgan fingerprint density at radius 2 is 1.70 bits per heavy atom. The molecule has 2 amide bonds. The SMILES string of the molecule is O=C(Nc1cc(F)c(F)c(F)c1)NC1(C(=O)O)CCC1. The van der Waals surface area contributed by atoms with E-state index in [2.05, 4.69) is 10.6 Å². The Hall–Kier alpha value is -2.25. The van der Waals surface area contributed by atoms with E-state index in [1.54, 1.807) is 0 Å². The first kappa shape index (κ1) is 14.2. The summed E-state index contributed by atoms with van der Waals surface area (Å²) in [5.74, 6) is -5.71. The van der Waals surface area contributed by atoms with Gasteiger partial charge in [-0.05, 0) is 19.3 Å². The van der Waals surface area contributed by atoms with Gasteiger partial charge in [0.2, 0.25) is 0 Å². The average Bonchev–Trinajstić information content (AvgIpc) is 2.30. The summed E-state index contributed by atoms with van der Waals surface area (Å²) in [6.45, 7) is 0. The molecule has 0 saturated heterocycles. The summed E-state index contributed by atoms with van der Waals surface area (Å²) < 4.78 is 38.6. The number of nitrogens with one attached hydrogen (secondary N) is 2. The molecule has 1 aromatic rings. The number of hydrogen-bond donors (Lipinski definition) is 3. The molecule has 20 heavy (non-hydrogen) atoms. The molecule has 0 unspecified atom stereocenters. The van der Waals surface area contributed by atoms with Crippen molar-refractivity contribution in [1.29, 1.82) is 0 Å². The predicted molar refractivity (Wildman–Crippen MR) is 62.7 cm³/mol. The Morgan fingerprint density at radius 3 is 2.10 bits per heavy atom. The fourth-order valence-corrected chi connectivity index (χ4v) is 1.93. The normalized spacial score (nSPS) is 16.1. The fourth-order valence-electron chi connectivity index (χ4n) is 1.93. The average molecular weight is 288 g/mol. The van der Waals surface area contributed by atoms with E-state index < -0.39 is 35.0 Å². The van der Waals surface area contributed by atoms with E-state index in [1.807, 2.05) is 0 Å². The minimum Gasteiger partial charge on any atom is -0.480 e. The second-order valence-electron chi connectivity index (χ2n) is 4.57. The van der Waals surface area contributed by atoms with Gasteiger partial charge in [-0.15, -0.1) is 0 Å². The van der Waals surface area contributed by atoms with E-state index in [0.717, 1.165) is 0 Å². The maximum Gasteiger partial charge on any atom is 0.329 e. The molecule has 2 rings (SSSR count). The first-order chi connectivity index (χ1) is 9.34. The summed E-state index contributed by atoms with van der Waals surface area (Å²) in [4.78, 5) is 22.6. The van der Waals surface area contributed by atoms with Gasteiger partial charge in [0.25, 0.3) is 0 Å². The van der Waals surface area contributed by atoms with E-state index in [-0.39, 0.29) is 18.5 Å². The quantitative estimate of drug-likeness (QED) is 0.746. The van der Waals surface area contributed by atoms with Crippen molar-refractivity contribution in [3.63, 3.8) is 0 Å². The zero-order valence-corrected chi connectivity index (χ0v) is 10.2. The summed E-state index contributed by atoms with van der Waals surface area (Å²) in [5.41, 5.74) is -1.65. The van der Waals surface area contributed by atoms with Crippen LogP contribution in [-0.2, 0) is 4.79 Å². The molecule has 0 spiro atoms. The van der Waals surface area contributed by atoms with Crippen LogP contribution >= 0.6 is 0 Å². The molecule has 0 heterocycles. The molecule has 1 fully saturated rings. The van der Waals surface area contributed by atoms with Crippen molar-refractivity contribution in [2.45, 2.75) is 24.8 Å². The minimum absolute atomic E-state index is 0.280. The molecule has 0 aromatic heterocycles. The molecule has 3 N–H and O–H groups in total. The molecular weight excluding hydrogens is 277 g/mol. The largest absolute Gasteiger partial charge is 0.480 e. The Bertz CT molecular complexity index is 550. The first-order valence-corrected chi connectivity index (χ1v) is 5.81. The predicted octanol–water partition coefficient (Wildman–Crippen LogP) is 2.23. The number of anilines is 1. The number of carbonyl (C=O) groups excluding carboxylic acids is 1. The fraction of sp³-hybridized carbons (Fsp3) is 0.333. The number of aliphatic carboxylic acids is 1. The van der Waals surface area contributed by atoms with E-state index in [0.29, 0.717) is 18.6 Å². The molecule has 0 radical (unpaired) electrons. The highest BCUT2D eigenvalue weighted by atomic mass is 19.2. The van der Waals surface area contributed by atoms with Crippen LogP contribution in [-0.4, -0.2) is 22.6 Å². The van der Waals surface area contributed by atoms with Crippen LogP contribution in [0.2, 0.25) is 0 Å². The number of hydrogen-bond acceptors (Lipinski definition) is 2. The maximum absolute atomic E-state index is 13.0. The van der Waals surface area contributed by atoms with Crippen molar-refractivity contribution in [3.8, 4) is 0 Å². The number of urea groups is 1. The lowest BCUT2D eigenvalue weighted by Gasteiger charge is -2.38. The molecule has 0 bridgehead atoms. The number of rotatable bonds is 3. The van der Waals surface area contributed by atoms with Crippen LogP contribution in [0.25, 0.3) is 0 Å². The molecule has 1 aliphatic carbocycles. The first-order valence-electron chi connectivity index (χ1n) is 5.81. The molecule has 1 aliphatic rings. The summed E-state index contributed by atoms with van der Waals surface area (Å²) in [5, 5.41) is 13.3. The van der Waals surface area contributed by atoms with Gasteiger partial charge in [-0.1, -0.05) is 0 Å². The van der Waals surface area contributed by atoms with Gasteiger partial charge in [-0.25, -0.2) is 22.8 Å². The van der Waals surface area contributed by atoms with Crippen molar-refractivity contribution in [2.75, 3.05) is 5.32 Å². The standard InChI is InChI=1S/C12H11F3N2O3/c13-7-4-6(5-8(14)9(7)15)16-11(20)17-12(10(18)19)2-1-3-12/h4-5H,1-3H2,(H,18,19)(H2,16,17,20). The summed E-state index contributed by atoms with van der Waals surface area (Å²) in [6, 6.07) is 0.288. The van der Waals surface area contributed by atoms with Crippen molar-refractivity contribution in [1.82, 2.24) is 5.32 Å². The van der Waals surface area contributed by atoms with Gasteiger partial charge in [0, 0.05) is 17.8 Å². The second-order valence-corrected chi connectivity index (χ2v) is 4.57. The lowest BCUT2D eigenvalue weighted by Crippen LogP contribution is -2.60. The van der Waals surface area contributed by atoms with Gasteiger partial charge in [-0.3, -0.25) is 0 Å². The van der Waals surface area contributed by atoms with Gasteiger partial charge in [-0.2, -0.15) is 0 Å². The van der Waals surface area contributed by atoms with E-state index in [1.165, 1.54) is 0 Å². The third-order valence-electron chi connectivity index (χ3n) is 3.21. The van der Waals surface area contributed by atoms with Crippen LogP contribution in [0.4, 0.5) is 23.7 Å². The number of benzene rings is 1. The van der Waals surface area contributed by atoms with Crippen molar-refractivity contribution >= 4 is 17.7 Å². The van der Waals surface area contributed by atoms with Crippen molar-refractivity contribution in [3.05, 3.63) is 29.6 Å². The summed E-state index contributed by atoms with van der Waals surface area (Å²) in [6.07, 6.45) is 1.22. The number of amides is 2. The van der Waals surface area contributed by atoms with Crippen LogP contribution < -0.4 is 10.6 Å². The number of halogens is 3. The van der Waals surface area contributed by atoms with Gasteiger partial charge in [0.05, 0.1) is 0 Å². The van der Waals surface area contributed by atoms with Gasteiger partial charge in [0.1, 0.15) is 5.54 Å². The third kappa shape index (κ3) is 2.54. The molecule has 1 saturated carbocycles. The molecule has 5 nitrogen and oxygen atoms in total. The smallest absolute Gasteiger partial charge is 0.329 e. The number of carbonyl (C=O) groups is 2. The van der Waals surface area contributed by atoms with Gasteiger partial charge >= 0.3 is 12.0 Å². The van der Waals surface area contributed by atoms with Gasteiger partial charge in [0.15, 0.2) is 17.5 Å². The summed E-state index contributed by atoms with van der Waals surface area (Å²) >= 11 is 0. The molecule has 108 valence electrons. The van der Waals surface area contributed by atoms with Crippen LogP contribution in [0.1, 0.15) is 19.3 Å². The highest BCUT2D eigenvalue weighted by Gasteiger charge is 2.45. The van der Waals surface area contributed by atoms with E-state index in [4.69, 9.17) is 5.11 Å². The number of carboxylic acid groups (broad SMARTS) is 1. The van der Waals surface area contributed by atoms with Crippen LogP contribution in [0.15, 0.2) is 12.1 Å². The Morgan fingerprint density at radius 1 is 1.15 bits per heavy atom. The van der Waals surface area contributed by atoms with Crippen LogP contribution in [0.5, 0.6) is 0 Å². The zero-order valence-electron chi connectivity index (χ0n) is 10.2. The topological polar surface area (TPSA) is 78.4 Å². The highest BCUT2D eigenvalue weighted by Crippen LogP contribution is 2.32. The molecule has 8 heteroatoms. The third-order valence-corrected chi connectivity index (χ3v) is 3.21. The monoisotopic (exact) mass is 288 g/mol. The lowest BCUT2D eigenvalue weighted by atomic mass is 9.77. The molecule has 0 atom stereocenters. The lowest BCUT2D eigenvalue weighted by molar-refractivity contribution is -0.148. The van der Waals surface area contributed by atoms with E-state index >= 15 is 0 Å². The second kappa shape index (κ2) is 5.03. The summed E-state index contributed by atoms with van der Waals surface area (Å²) in [7, 11) is 0. The maximum atomic E-state index is 13.0. The molecule has 0 aliphatic heterocycles. The zero-order chi connectivity index (χ0) is 14.9. The minimum atomic E-state index is -1.64. The van der Waals surface area contributed by atoms with E-state index in [9.17, 15) is 22.8 Å².